The minimum Gasteiger partial charge on any atom is -0.491 e. The molecule has 4 nitrogen and oxygen atoms in total. The maximum absolute atomic E-state index is 8.70. The summed E-state index contributed by atoms with van der Waals surface area (Å²) in [5.41, 5.74) is 1.92. The van der Waals surface area contributed by atoms with E-state index in [0.29, 0.717) is 11.8 Å². The molecule has 0 saturated carbocycles. The topological polar surface area (TPSA) is 54.4 Å². The summed E-state index contributed by atoms with van der Waals surface area (Å²) in [6.07, 6.45) is 1.67. The smallest absolute Gasteiger partial charge is 0.134 e. The van der Waals surface area contributed by atoms with Crippen molar-refractivity contribution in [3.8, 4) is 5.75 Å². The van der Waals surface area contributed by atoms with Gasteiger partial charge in [0, 0.05) is 17.4 Å². The molecule has 0 aliphatic carbocycles. The molecule has 1 aromatic carbocycles. The molecular formula is C15H17ClN2O2. The first kappa shape index (κ1) is 14.6. The van der Waals surface area contributed by atoms with Crippen molar-refractivity contribution in [2.75, 3.05) is 18.5 Å². The van der Waals surface area contributed by atoms with E-state index in [-0.39, 0.29) is 12.6 Å². The number of pyridine rings is 1. The first-order chi connectivity index (χ1) is 9.70. The highest BCUT2D eigenvalue weighted by atomic mass is 35.5. The molecule has 2 aromatic rings. The number of halogens is 1. The quantitative estimate of drug-likeness (QED) is 0.802. The number of aliphatic hydroxyl groups excluding tert-OH is 1. The molecule has 0 saturated heterocycles. The summed E-state index contributed by atoms with van der Waals surface area (Å²) in [5.74, 6) is 0.733. The van der Waals surface area contributed by atoms with Gasteiger partial charge in [-0.1, -0.05) is 17.7 Å². The number of anilines is 1. The van der Waals surface area contributed by atoms with Gasteiger partial charge in [0.1, 0.15) is 17.5 Å². The van der Waals surface area contributed by atoms with Crippen LogP contribution in [-0.4, -0.2) is 23.3 Å². The molecule has 2 N–H and O–H groups in total. The Hall–Kier alpha value is -1.78. The lowest BCUT2D eigenvalue weighted by Crippen LogP contribution is -2.07. The average Bonchev–Trinajstić information content (AvgIpc) is 2.47. The van der Waals surface area contributed by atoms with E-state index in [1.807, 2.05) is 43.3 Å². The van der Waals surface area contributed by atoms with Crippen molar-refractivity contribution in [2.45, 2.75) is 13.0 Å². The van der Waals surface area contributed by atoms with Crippen LogP contribution in [0.1, 0.15) is 18.5 Å². The highest BCUT2D eigenvalue weighted by Crippen LogP contribution is 2.25. The predicted octanol–water partition coefficient (Wildman–Crippen LogP) is 3.28. The van der Waals surface area contributed by atoms with E-state index >= 15 is 0 Å². The number of rotatable bonds is 6. The number of aliphatic hydroxyl groups is 1. The summed E-state index contributed by atoms with van der Waals surface area (Å²) in [5, 5.41) is 12.6. The predicted molar refractivity (Wildman–Crippen MR) is 80.3 cm³/mol. The SMILES string of the molecule is CC(Nc1ccc(OCCO)cc1)c1cccnc1Cl. The lowest BCUT2D eigenvalue weighted by Gasteiger charge is -2.16. The molecule has 0 fully saturated rings. The van der Waals surface area contributed by atoms with Crippen molar-refractivity contribution < 1.29 is 9.84 Å². The van der Waals surface area contributed by atoms with Gasteiger partial charge in [-0.25, -0.2) is 4.98 Å². The van der Waals surface area contributed by atoms with E-state index in [9.17, 15) is 0 Å². The van der Waals surface area contributed by atoms with Crippen LogP contribution in [0, 0.1) is 0 Å². The van der Waals surface area contributed by atoms with Gasteiger partial charge in [-0.3, -0.25) is 0 Å². The Morgan fingerprint density at radius 1 is 1.30 bits per heavy atom. The van der Waals surface area contributed by atoms with Gasteiger partial charge in [0.2, 0.25) is 0 Å². The van der Waals surface area contributed by atoms with Crippen molar-refractivity contribution in [1.82, 2.24) is 4.98 Å². The third-order valence-electron chi connectivity index (χ3n) is 2.85. The van der Waals surface area contributed by atoms with Crippen LogP contribution in [0.5, 0.6) is 5.75 Å². The molecule has 1 aromatic heterocycles. The normalized spacial score (nSPS) is 11.9. The highest BCUT2D eigenvalue weighted by Gasteiger charge is 2.09. The number of nitrogens with one attached hydrogen (secondary N) is 1. The summed E-state index contributed by atoms with van der Waals surface area (Å²) in [4.78, 5) is 4.07. The van der Waals surface area contributed by atoms with E-state index < -0.39 is 0 Å². The molecule has 0 aliphatic heterocycles. The molecule has 1 atom stereocenters. The van der Waals surface area contributed by atoms with Gasteiger partial charge in [0.05, 0.1) is 12.6 Å². The lowest BCUT2D eigenvalue weighted by molar-refractivity contribution is 0.201. The fraction of sp³-hybridized carbons (Fsp3) is 0.267. The van der Waals surface area contributed by atoms with E-state index in [0.717, 1.165) is 17.0 Å². The summed E-state index contributed by atoms with van der Waals surface area (Å²) < 4.78 is 5.31. The van der Waals surface area contributed by atoms with E-state index in [2.05, 4.69) is 10.3 Å². The number of aromatic nitrogens is 1. The van der Waals surface area contributed by atoms with Crippen LogP contribution in [-0.2, 0) is 0 Å². The van der Waals surface area contributed by atoms with Gasteiger partial charge in [-0.15, -0.1) is 0 Å². The van der Waals surface area contributed by atoms with E-state index in [1.165, 1.54) is 0 Å². The molecule has 20 heavy (non-hydrogen) atoms. The van der Waals surface area contributed by atoms with Crippen LogP contribution in [0.4, 0.5) is 5.69 Å². The van der Waals surface area contributed by atoms with Gasteiger partial charge in [-0.2, -0.15) is 0 Å². The Kier molecular flexibility index (Phi) is 5.21. The van der Waals surface area contributed by atoms with Crippen LogP contribution in [0.25, 0.3) is 0 Å². The first-order valence-corrected chi connectivity index (χ1v) is 6.79. The van der Waals surface area contributed by atoms with Crippen molar-refractivity contribution in [1.29, 1.82) is 0 Å². The fourth-order valence-corrected chi connectivity index (χ4v) is 2.14. The minimum atomic E-state index is 0.0105. The zero-order chi connectivity index (χ0) is 14.4. The molecule has 2 rings (SSSR count). The van der Waals surface area contributed by atoms with Crippen molar-refractivity contribution in [3.63, 3.8) is 0 Å². The van der Waals surface area contributed by atoms with Crippen LogP contribution >= 0.6 is 11.6 Å². The fourth-order valence-electron chi connectivity index (χ4n) is 1.86. The lowest BCUT2D eigenvalue weighted by atomic mass is 10.1. The van der Waals surface area contributed by atoms with Crippen LogP contribution < -0.4 is 10.1 Å². The van der Waals surface area contributed by atoms with Gasteiger partial charge in [0.25, 0.3) is 0 Å². The highest BCUT2D eigenvalue weighted by molar-refractivity contribution is 6.30. The number of hydrogen-bond donors (Lipinski definition) is 2. The monoisotopic (exact) mass is 292 g/mol. The average molecular weight is 293 g/mol. The largest absolute Gasteiger partial charge is 0.491 e. The zero-order valence-corrected chi connectivity index (χ0v) is 12.0. The Balaban J connectivity index is 2.01. The molecule has 0 amide bonds. The molecule has 1 heterocycles. The molecule has 0 spiro atoms. The number of benzene rings is 1. The molecule has 106 valence electrons. The van der Waals surface area contributed by atoms with Crippen molar-refractivity contribution in [3.05, 3.63) is 53.3 Å². The Morgan fingerprint density at radius 3 is 2.70 bits per heavy atom. The Morgan fingerprint density at radius 2 is 2.05 bits per heavy atom. The summed E-state index contributed by atoms with van der Waals surface area (Å²) in [6.45, 7) is 2.34. The van der Waals surface area contributed by atoms with Gasteiger partial charge in [-0.05, 0) is 37.3 Å². The molecule has 1 unspecified atom stereocenters. The zero-order valence-electron chi connectivity index (χ0n) is 11.2. The van der Waals surface area contributed by atoms with Gasteiger partial charge >= 0.3 is 0 Å². The Bertz CT molecular complexity index is 546. The third-order valence-corrected chi connectivity index (χ3v) is 3.17. The molecule has 5 heteroatoms. The maximum atomic E-state index is 8.70. The second-order valence-electron chi connectivity index (χ2n) is 4.35. The van der Waals surface area contributed by atoms with Crippen LogP contribution in [0.15, 0.2) is 42.6 Å². The van der Waals surface area contributed by atoms with E-state index in [4.69, 9.17) is 21.4 Å². The van der Waals surface area contributed by atoms with Gasteiger partial charge in [0.15, 0.2) is 0 Å². The number of ether oxygens (including phenoxy) is 1. The van der Waals surface area contributed by atoms with E-state index in [1.54, 1.807) is 6.20 Å². The van der Waals surface area contributed by atoms with Crippen molar-refractivity contribution in [2.24, 2.45) is 0 Å². The molecule has 0 aliphatic rings. The molecule has 0 radical (unpaired) electrons. The van der Waals surface area contributed by atoms with Crippen LogP contribution in [0.2, 0.25) is 5.15 Å². The summed E-state index contributed by atoms with van der Waals surface area (Å²) in [7, 11) is 0. The number of hydrogen-bond acceptors (Lipinski definition) is 4. The Labute approximate surface area is 123 Å². The second-order valence-corrected chi connectivity index (χ2v) is 4.70. The molecular weight excluding hydrogens is 276 g/mol. The summed E-state index contributed by atoms with van der Waals surface area (Å²) >= 11 is 6.07. The number of nitrogens with zero attached hydrogens (tertiary/aromatic N) is 1. The molecule has 0 bridgehead atoms. The van der Waals surface area contributed by atoms with Crippen LogP contribution in [0.3, 0.4) is 0 Å². The summed E-state index contributed by atoms with van der Waals surface area (Å²) in [6, 6.07) is 11.4. The third kappa shape index (κ3) is 3.85. The maximum Gasteiger partial charge on any atom is 0.134 e. The standard InChI is InChI=1S/C15H17ClN2O2/c1-11(14-3-2-8-17-15(14)16)18-12-4-6-13(7-5-12)20-10-9-19/h2-8,11,18-19H,9-10H2,1H3. The van der Waals surface area contributed by atoms with Crippen molar-refractivity contribution >= 4 is 17.3 Å². The first-order valence-electron chi connectivity index (χ1n) is 6.41. The minimum absolute atomic E-state index is 0.0105. The second kappa shape index (κ2) is 7.12. The van der Waals surface area contributed by atoms with Gasteiger partial charge < -0.3 is 15.2 Å².